The van der Waals surface area contributed by atoms with Crippen LogP contribution in [0.4, 0.5) is 5.69 Å². The molecule has 2 N–H and O–H groups in total. The highest BCUT2D eigenvalue weighted by Gasteiger charge is 2.13. The molecule has 1 amide bonds. The minimum absolute atomic E-state index is 0.303. The SMILES string of the molecule is O=C(Nc1cnn(Cc2ccc(Cl)c(Cl)c2)c1)c1cc(-c2cccs2)[nH]n1. The van der Waals surface area contributed by atoms with E-state index in [-0.39, 0.29) is 5.91 Å². The van der Waals surface area contributed by atoms with Crippen molar-refractivity contribution in [3.8, 4) is 10.6 Å². The number of thiophene rings is 1. The number of amides is 1. The molecule has 0 saturated carbocycles. The molecule has 0 spiro atoms. The Labute approximate surface area is 168 Å². The molecule has 0 bridgehead atoms. The molecule has 136 valence electrons. The van der Waals surface area contributed by atoms with Crippen LogP contribution in [0.2, 0.25) is 10.0 Å². The Morgan fingerprint density at radius 3 is 2.89 bits per heavy atom. The third-order valence-corrected chi connectivity index (χ3v) is 5.46. The second-order valence-electron chi connectivity index (χ2n) is 5.77. The summed E-state index contributed by atoms with van der Waals surface area (Å²) >= 11 is 13.5. The predicted octanol–water partition coefficient (Wildman–Crippen LogP) is 4.94. The first kappa shape index (κ1) is 17.8. The molecular weight excluding hydrogens is 405 g/mol. The second kappa shape index (κ2) is 7.56. The van der Waals surface area contributed by atoms with E-state index in [0.29, 0.717) is 28.0 Å². The largest absolute Gasteiger partial charge is 0.318 e. The monoisotopic (exact) mass is 417 g/mol. The van der Waals surface area contributed by atoms with Crippen molar-refractivity contribution in [2.45, 2.75) is 6.54 Å². The van der Waals surface area contributed by atoms with E-state index < -0.39 is 0 Å². The number of hydrogen-bond donors (Lipinski definition) is 2. The van der Waals surface area contributed by atoms with Crippen LogP contribution >= 0.6 is 34.5 Å². The molecule has 9 heteroatoms. The smallest absolute Gasteiger partial charge is 0.276 e. The van der Waals surface area contributed by atoms with Gasteiger partial charge in [-0.25, -0.2) is 0 Å². The first-order valence-electron chi connectivity index (χ1n) is 7.95. The molecule has 0 atom stereocenters. The highest BCUT2D eigenvalue weighted by molar-refractivity contribution is 7.13. The summed E-state index contributed by atoms with van der Waals surface area (Å²) in [7, 11) is 0. The number of benzene rings is 1. The zero-order valence-electron chi connectivity index (χ0n) is 13.8. The van der Waals surface area contributed by atoms with Crippen LogP contribution in [0.3, 0.4) is 0 Å². The number of nitrogens with zero attached hydrogens (tertiary/aromatic N) is 3. The highest BCUT2D eigenvalue weighted by Crippen LogP contribution is 2.24. The Hall–Kier alpha value is -2.61. The maximum atomic E-state index is 12.4. The minimum atomic E-state index is -0.303. The van der Waals surface area contributed by atoms with Crippen molar-refractivity contribution >= 4 is 46.1 Å². The van der Waals surface area contributed by atoms with E-state index in [4.69, 9.17) is 23.2 Å². The van der Waals surface area contributed by atoms with Crippen molar-refractivity contribution in [1.82, 2.24) is 20.0 Å². The second-order valence-corrected chi connectivity index (χ2v) is 7.54. The number of rotatable bonds is 5. The van der Waals surface area contributed by atoms with Crippen LogP contribution in [0, 0.1) is 0 Å². The summed E-state index contributed by atoms with van der Waals surface area (Å²) < 4.78 is 1.71. The summed E-state index contributed by atoms with van der Waals surface area (Å²) in [4.78, 5) is 13.4. The normalized spacial score (nSPS) is 10.9. The van der Waals surface area contributed by atoms with Crippen molar-refractivity contribution in [2.75, 3.05) is 5.32 Å². The Morgan fingerprint density at radius 2 is 2.11 bits per heavy atom. The summed E-state index contributed by atoms with van der Waals surface area (Å²) in [5, 5.41) is 17.0. The number of H-pyrrole nitrogens is 1. The predicted molar refractivity (Wildman–Crippen MR) is 108 cm³/mol. The lowest BCUT2D eigenvalue weighted by Crippen LogP contribution is -2.11. The minimum Gasteiger partial charge on any atom is -0.318 e. The lowest BCUT2D eigenvalue weighted by molar-refractivity contribution is 0.102. The van der Waals surface area contributed by atoms with Crippen molar-refractivity contribution in [1.29, 1.82) is 0 Å². The molecule has 0 saturated heterocycles. The molecule has 0 unspecified atom stereocenters. The maximum absolute atomic E-state index is 12.4. The van der Waals surface area contributed by atoms with Crippen LogP contribution in [-0.4, -0.2) is 25.9 Å². The summed E-state index contributed by atoms with van der Waals surface area (Å²) in [6.45, 7) is 0.512. The Kier molecular flexibility index (Phi) is 4.98. The number of aromatic amines is 1. The van der Waals surface area contributed by atoms with Crippen molar-refractivity contribution in [3.63, 3.8) is 0 Å². The molecule has 0 radical (unpaired) electrons. The summed E-state index contributed by atoms with van der Waals surface area (Å²) in [5.41, 5.74) is 2.67. The van der Waals surface area contributed by atoms with Gasteiger partial charge >= 0.3 is 0 Å². The fourth-order valence-electron chi connectivity index (χ4n) is 2.53. The zero-order chi connectivity index (χ0) is 18.8. The Bertz CT molecular complexity index is 1090. The quantitative estimate of drug-likeness (QED) is 0.482. The lowest BCUT2D eigenvalue weighted by atomic mass is 10.2. The number of nitrogens with one attached hydrogen (secondary N) is 2. The van der Waals surface area contributed by atoms with E-state index in [1.165, 1.54) is 0 Å². The highest BCUT2D eigenvalue weighted by atomic mass is 35.5. The molecule has 4 rings (SSSR count). The summed E-state index contributed by atoms with van der Waals surface area (Å²) in [6.07, 6.45) is 3.33. The third kappa shape index (κ3) is 4.05. The fourth-order valence-corrected chi connectivity index (χ4v) is 3.54. The topological polar surface area (TPSA) is 75.6 Å². The zero-order valence-corrected chi connectivity index (χ0v) is 16.1. The van der Waals surface area contributed by atoms with Crippen LogP contribution in [-0.2, 0) is 6.54 Å². The van der Waals surface area contributed by atoms with Crippen LogP contribution in [0.15, 0.2) is 54.2 Å². The van der Waals surface area contributed by atoms with E-state index >= 15 is 0 Å². The third-order valence-electron chi connectivity index (χ3n) is 3.82. The van der Waals surface area contributed by atoms with Crippen LogP contribution < -0.4 is 5.32 Å². The van der Waals surface area contributed by atoms with Gasteiger partial charge in [0.05, 0.1) is 39.0 Å². The molecule has 0 aliphatic carbocycles. The van der Waals surface area contributed by atoms with Gasteiger partial charge in [-0.05, 0) is 35.2 Å². The molecule has 0 fully saturated rings. The van der Waals surface area contributed by atoms with Gasteiger partial charge in [0, 0.05) is 6.20 Å². The van der Waals surface area contributed by atoms with E-state index in [2.05, 4.69) is 20.6 Å². The van der Waals surface area contributed by atoms with Gasteiger partial charge in [0.2, 0.25) is 0 Å². The van der Waals surface area contributed by atoms with Crippen LogP contribution in [0.1, 0.15) is 16.1 Å². The maximum Gasteiger partial charge on any atom is 0.276 e. The average molecular weight is 418 g/mol. The van der Waals surface area contributed by atoms with E-state index in [1.807, 2.05) is 23.6 Å². The van der Waals surface area contributed by atoms with Gasteiger partial charge in [-0.1, -0.05) is 35.3 Å². The van der Waals surface area contributed by atoms with Crippen LogP contribution in [0.25, 0.3) is 10.6 Å². The fraction of sp³-hybridized carbons (Fsp3) is 0.0556. The van der Waals surface area contributed by atoms with E-state index in [1.54, 1.807) is 46.6 Å². The molecule has 3 aromatic heterocycles. The summed E-state index contributed by atoms with van der Waals surface area (Å²) in [5.74, 6) is -0.303. The standard InChI is InChI=1S/C18H13Cl2N5OS/c19-13-4-3-11(6-14(13)20)9-25-10-12(8-21-25)22-18(26)16-7-15(23-24-16)17-2-1-5-27-17/h1-8,10H,9H2,(H,22,26)(H,23,24). The molecular formula is C18H13Cl2N5OS. The molecule has 3 heterocycles. The number of hydrogen-bond acceptors (Lipinski definition) is 4. The first-order valence-corrected chi connectivity index (χ1v) is 9.59. The molecule has 27 heavy (non-hydrogen) atoms. The van der Waals surface area contributed by atoms with E-state index in [9.17, 15) is 4.79 Å². The van der Waals surface area contributed by atoms with Crippen LogP contribution in [0.5, 0.6) is 0 Å². The number of carbonyl (C=O) groups is 1. The van der Waals surface area contributed by atoms with Crippen molar-refractivity contribution < 1.29 is 4.79 Å². The van der Waals surface area contributed by atoms with Crippen molar-refractivity contribution in [2.24, 2.45) is 0 Å². The van der Waals surface area contributed by atoms with Gasteiger partial charge in [0.15, 0.2) is 5.69 Å². The van der Waals surface area contributed by atoms with Crippen molar-refractivity contribution in [3.05, 3.63) is 75.5 Å². The lowest BCUT2D eigenvalue weighted by Gasteiger charge is -2.03. The number of anilines is 1. The molecule has 0 aliphatic rings. The first-order chi connectivity index (χ1) is 13.1. The van der Waals surface area contributed by atoms with Gasteiger partial charge in [0.1, 0.15) is 0 Å². The molecule has 1 aromatic carbocycles. The average Bonchev–Trinajstić information content (AvgIpc) is 3.38. The number of aromatic nitrogens is 4. The summed E-state index contributed by atoms with van der Waals surface area (Å²) in [6, 6.07) is 11.1. The van der Waals surface area contributed by atoms with Gasteiger partial charge in [0.25, 0.3) is 5.91 Å². The number of carbonyl (C=O) groups excluding carboxylic acids is 1. The molecule has 0 aliphatic heterocycles. The van der Waals surface area contributed by atoms with Gasteiger partial charge in [-0.3, -0.25) is 14.6 Å². The number of halogens is 2. The van der Waals surface area contributed by atoms with E-state index in [0.717, 1.165) is 16.1 Å². The molecule has 4 aromatic rings. The molecule has 6 nitrogen and oxygen atoms in total. The van der Waals surface area contributed by atoms with Gasteiger partial charge in [-0.2, -0.15) is 10.2 Å². The van der Waals surface area contributed by atoms with Gasteiger partial charge in [-0.15, -0.1) is 11.3 Å². The Balaban J connectivity index is 1.43. The Morgan fingerprint density at radius 1 is 1.22 bits per heavy atom. The van der Waals surface area contributed by atoms with Gasteiger partial charge < -0.3 is 5.32 Å².